The van der Waals surface area contributed by atoms with Gasteiger partial charge in [-0.05, 0) is 0 Å². The lowest BCUT2D eigenvalue weighted by molar-refractivity contribution is -0.670. The molecule has 0 saturated heterocycles. The third-order valence-electron chi connectivity index (χ3n) is 4.29. The van der Waals surface area contributed by atoms with Crippen molar-refractivity contribution in [1.82, 2.24) is 13.9 Å². The first kappa shape index (κ1) is 30.7. The van der Waals surface area contributed by atoms with Crippen LogP contribution in [0.3, 0.4) is 0 Å². The number of halogens is 6. The Hall–Kier alpha value is -3.48. The van der Waals surface area contributed by atoms with Crippen LogP contribution in [0.1, 0.15) is 0 Å². The third kappa shape index (κ3) is 8.82. The predicted octanol–water partition coefficient (Wildman–Crippen LogP) is -0.250. The molecule has 0 aliphatic heterocycles. The standard InChI is InChI=1S/C17H17F6N4O10P/c1-25-4-5-27(8-25)38(32,33)36-7-10(35-9-26-3-2-12(28)24-15(26)31)11(37-14(30)17(21,22)23)6-34-13(29)16(18,19)20/h2-5,8,10-11H,6-7,9H2,1H3,(H-,24,28,31,32,33)/p+1/t10-,11-/m1/s1. The van der Waals surface area contributed by atoms with E-state index in [1.54, 1.807) is 4.98 Å². The van der Waals surface area contributed by atoms with Crippen molar-refractivity contribution in [3.63, 3.8) is 0 Å². The van der Waals surface area contributed by atoms with Crippen molar-refractivity contribution in [3.05, 3.63) is 51.8 Å². The van der Waals surface area contributed by atoms with E-state index in [0.29, 0.717) is 8.90 Å². The molecule has 212 valence electrons. The van der Waals surface area contributed by atoms with Gasteiger partial charge in [0.2, 0.25) is 0 Å². The molecule has 0 radical (unpaired) electrons. The summed E-state index contributed by atoms with van der Waals surface area (Å²) in [6.45, 7) is -3.87. The summed E-state index contributed by atoms with van der Waals surface area (Å²) in [4.78, 5) is 57.4. The highest BCUT2D eigenvalue weighted by molar-refractivity contribution is 7.51. The van der Waals surface area contributed by atoms with Crippen LogP contribution in [-0.4, -0.2) is 68.5 Å². The average molecular weight is 583 g/mol. The minimum Gasteiger partial charge on any atom is -0.455 e. The smallest absolute Gasteiger partial charge is 0.455 e. The highest BCUT2D eigenvalue weighted by atomic mass is 31.2. The Balaban J connectivity index is 2.37. The predicted molar refractivity (Wildman–Crippen MR) is 106 cm³/mol. The fourth-order valence-electron chi connectivity index (χ4n) is 2.47. The van der Waals surface area contributed by atoms with E-state index in [9.17, 15) is 55.0 Å². The van der Waals surface area contributed by atoms with Gasteiger partial charge in [-0.25, -0.2) is 23.5 Å². The molecule has 0 aromatic carbocycles. The van der Waals surface area contributed by atoms with Crippen LogP contribution in [0, 0.1) is 0 Å². The molecule has 2 heterocycles. The molecule has 0 saturated carbocycles. The number of ether oxygens (including phenoxy) is 3. The second kappa shape index (κ2) is 11.9. The fourth-order valence-corrected chi connectivity index (χ4v) is 3.47. The van der Waals surface area contributed by atoms with E-state index in [0.717, 1.165) is 24.8 Å². The van der Waals surface area contributed by atoms with E-state index in [4.69, 9.17) is 9.26 Å². The number of hydrogen-bond acceptors (Lipinski definition) is 9. The van der Waals surface area contributed by atoms with Gasteiger partial charge in [0.25, 0.3) is 11.9 Å². The van der Waals surface area contributed by atoms with Gasteiger partial charge in [0.15, 0.2) is 6.10 Å². The number of carbonyl (C=O) groups is 2. The third-order valence-corrected chi connectivity index (χ3v) is 5.60. The van der Waals surface area contributed by atoms with Crippen LogP contribution in [0.2, 0.25) is 0 Å². The molecule has 3 atom stereocenters. The normalized spacial score (nSPS) is 15.4. The van der Waals surface area contributed by atoms with Gasteiger partial charge in [-0.1, -0.05) is 0 Å². The van der Waals surface area contributed by atoms with Gasteiger partial charge < -0.3 is 14.2 Å². The van der Waals surface area contributed by atoms with Gasteiger partial charge in [0, 0.05) is 12.3 Å². The molecule has 0 spiro atoms. The summed E-state index contributed by atoms with van der Waals surface area (Å²) in [5, 5.41) is 0. The molecule has 2 aromatic rings. The first-order chi connectivity index (χ1) is 17.4. The molecule has 2 rings (SSSR count). The Morgan fingerprint density at radius 1 is 1.08 bits per heavy atom. The van der Waals surface area contributed by atoms with Crippen LogP contribution in [-0.2, 0) is 46.7 Å². The van der Waals surface area contributed by atoms with E-state index in [1.807, 2.05) is 0 Å². The zero-order valence-corrected chi connectivity index (χ0v) is 19.7. The number of nitrogens with one attached hydrogen (secondary N) is 1. The van der Waals surface area contributed by atoms with Crippen LogP contribution in [0.4, 0.5) is 26.3 Å². The first-order valence-corrected chi connectivity index (χ1v) is 11.4. The van der Waals surface area contributed by atoms with Crippen LogP contribution in [0.15, 0.2) is 40.6 Å². The van der Waals surface area contributed by atoms with Crippen molar-refractivity contribution < 1.29 is 68.7 Å². The highest BCUT2D eigenvalue weighted by Crippen LogP contribution is 2.43. The number of carbonyl (C=O) groups excluding carboxylic acids is 2. The lowest BCUT2D eigenvalue weighted by Gasteiger charge is -2.27. The van der Waals surface area contributed by atoms with Gasteiger partial charge in [0.05, 0.1) is 13.7 Å². The number of aromatic nitrogens is 4. The Kier molecular flexibility index (Phi) is 9.65. The van der Waals surface area contributed by atoms with Crippen LogP contribution < -0.4 is 15.8 Å². The van der Waals surface area contributed by atoms with Gasteiger partial charge in [-0.3, -0.25) is 23.8 Å². The molecule has 0 aliphatic rings. The average Bonchev–Trinajstić information content (AvgIpc) is 3.23. The van der Waals surface area contributed by atoms with E-state index in [1.165, 1.54) is 17.8 Å². The van der Waals surface area contributed by atoms with Gasteiger partial charge >= 0.3 is 37.7 Å². The van der Waals surface area contributed by atoms with Crippen molar-refractivity contribution in [3.8, 4) is 0 Å². The quantitative estimate of drug-likeness (QED) is 0.156. The summed E-state index contributed by atoms with van der Waals surface area (Å²) in [6.07, 6.45) is -11.6. The number of H-pyrrole nitrogens is 1. The molecule has 21 heteroatoms. The molecular weight excluding hydrogens is 565 g/mol. The van der Waals surface area contributed by atoms with Crippen molar-refractivity contribution in [2.45, 2.75) is 31.3 Å². The molecule has 14 nitrogen and oxygen atoms in total. The topological polar surface area (TPSA) is 172 Å². The number of esters is 2. The van der Waals surface area contributed by atoms with E-state index >= 15 is 0 Å². The van der Waals surface area contributed by atoms with Crippen molar-refractivity contribution in [1.29, 1.82) is 0 Å². The minimum absolute atomic E-state index is 0.614. The van der Waals surface area contributed by atoms with Crippen molar-refractivity contribution >= 4 is 19.7 Å². The Labute approximate surface area is 206 Å². The fraction of sp³-hybridized carbons (Fsp3) is 0.471. The molecular formula is C17H18F6N4O10P+. The lowest BCUT2D eigenvalue weighted by atomic mass is 10.2. The Morgan fingerprint density at radius 2 is 1.71 bits per heavy atom. The maximum Gasteiger partial charge on any atom is 0.525 e. The lowest BCUT2D eigenvalue weighted by Crippen LogP contribution is -2.45. The van der Waals surface area contributed by atoms with Crippen molar-refractivity contribution in [2.24, 2.45) is 7.05 Å². The second-order valence-electron chi connectivity index (χ2n) is 7.20. The Bertz CT molecular complexity index is 1300. The maximum atomic E-state index is 12.8. The maximum absolute atomic E-state index is 12.8. The van der Waals surface area contributed by atoms with E-state index in [-0.39, 0.29) is 0 Å². The Morgan fingerprint density at radius 3 is 2.24 bits per heavy atom. The van der Waals surface area contributed by atoms with Crippen molar-refractivity contribution in [2.75, 3.05) is 13.2 Å². The summed E-state index contributed by atoms with van der Waals surface area (Å²) < 4.78 is 109. The molecule has 2 aromatic heterocycles. The molecule has 1 unspecified atom stereocenters. The largest absolute Gasteiger partial charge is 0.525 e. The summed E-state index contributed by atoms with van der Waals surface area (Å²) >= 11 is 0. The van der Waals surface area contributed by atoms with E-state index < -0.39 is 75.4 Å². The minimum atomic E-state index is -5.67. The summed E-state index contributed by atoms with van der Waals surface area (Å²) in [7, 11) is -3.36. The van der Waals surface area contributed by atoms with Gasteiger partial charge in [0.1, 0.15) is 31.8 Å². The van der Waals surface area contributed by atoms with Gasteiger partial charge in [-0.2, -0.15) is 26.3 Å². The molecule has 0 fully saturated rings. The monoisotopic (exact) mass is 583 g/mol. The number of imidazole rings is 1. The molecule has 38 heavy (non-hydrogen) atoms. The number of aromatic amines is 1. The zero-order valence-electron chi connectivity index (χ0n) is 18.8. The number of nitrogens with zero attached hydrogens (tertiary/aromatic N) is 3. The SMILES string of the molecule is C[n+]1ccn(P(=O)(O)OC[C@@H](OCn2ccc(=O)[nH]c2=O)[C@@H](COC(=O)C(F)(F)F)OC(=O)C(F)(F)F)c1. The molecule has 0 aliphatic carbocycles. The summed E-state index contributed by atoms with van der Waals surface area (Å²) in [5.41, 5.74) is -1.94. The molecule has 2 N–H and O–H groups in total. The number of alkyl halides is 6. The second-order valence-corrected chi connectivity index (χ2v) is 8.90. The number of hydrogen-bond donors (Lipinski definition) is 2. The van der Waals surface area contributed by atoms with E-state index in [2.05, 4.69) is 9.47 Å². The number of aryl methyl sites for hydroxylation is 1. The molecule has 0 amide bonds. The van der Waals surface area contributed by atoms with Gasteiger partial charge in [-0.15, -0.1) is 4.34 Å². The van der Waals surface area contributed by atoms with Crippen LogP contribution >= 0.6 is 7.75 Å². The zero-order chi connectivity index (χ0) is 28.9. The molecule has 0 bridgehead atoms. The highest BCUT2D eigenvalue weighted by Gasteiger charge is 2.46. The first-order valence-electron chi connectivity index (χ1n) is 9.84. The van der Waals surface area contributed by atoms with Crippen LogP contribution in [0.25, 0.3) is 0 Å². The number of rotatable bonds is 11. The summed E-state index contributed by atoms with van der Waals surface area (Å²) in [6, 6.07) is 0.830. The summed E-state index contributed by atoms with van der Waals surface area (Å²) in [5.74, 6) is -5.81. The van der Waals surface area contributed by atoms with Crippen LogP contribution in [0.5, 0.6) is 0 Å².